The fourth-order valence-corrected chi connectivity index (χ4v) is 2.67. The molecule has 1 aromatic rings. The number of allylic oxidation sites excluding steroid dienone is 2. The molecule has 1 saturated heterocycles. The summed E-state index contributed by atoms with van der Waals surface area (Å²) in [6.07, 6.45) is 3.61. The zero-order chi connectivity index (χ0) is 19.7. The fraction of sp³-hybridized carbons (Fsp3) is 0.0588. The average Bonchev–Trinajstić information content (AvgIpc) is 2.84. The van der Waals surface area contributed by atoms with Crippen molar-refractivity contribution in [1.82, 2.24) is 10.2 Å². The Balaban J connectivity index is 2.03. The molecule has 1 N–H and O–H groups in total. The lowest BCUT2D eigenvalue weighted by molar-refractivity contribution is -0.384. The van der Waals surface area contributed by atoms with Crippen LogP contribution in [0.15, 0.2) is 53.6 Å². The van der Waals surface area contributed by atoms with Crippen molar-refractivity contribution in [2.75, 3.05) is 0 Å². The third-order valence-electron chi connectivity index (χ3n) is 3.65. The number of nitrogens with zero attached hydrogens (tertiary/aromatic N) is 2. The van der Waals surface area contributed by atoms with Crippen molar-refractivity contribution < 1.29 is 24.0 Å². The molecular weight excluding hydrogens is 374 g/mol. The van der Waals surface area contributed by atoms with E-state index in [9.17, 15) is 24.5 Å². The van der Waals surface area contributed by atoms with Gasteiger partial charge in [0.2, 0.25) is 0 Å². The summed E-state index contributed by atoms with van der Waals surface area (Å²) in [6, 6.07) is 5.62. The zero-order valence-electron chi connectivity index (χ0n) is 13.8. The fourth-order valence-electron chi connectivity index (χ4n) is 2.43. The largest absolute Gasteiger partial charge is 0.427 e. The lowest BCUT2D eigenvalue weighted by Gasteiger charge is -2.16. The molecule has 0 bridgehead atoms. The van der Waals surface area contributed by atoms with Crippen molar-refractivity contribution in [3.05, 3.63) is 69.2 Å². The standard InChI is InChI=1S/C17H11N3O6S/c1-9-5-14(21)12(16(23)26-9)8-19-13(15(22)18-17(19)27)7-10-3-2-4-11(6-10)20(24)25/h2-8H,1H3,(H,18,22,27)/b12-8-,13-7+. The molecule has 0 unspecified atom stereocenters. The molecule has 1 fully saturated rings. The molecule has 1 aromatic carbocycles. The number of nitro benzene ring substituents is 1. The Hall–Kier alpha value is -3.66. The number of nitrogens with one attached hydrogen (secondary N) is 1. The Labute approximate surface area is 157 Å². The van der Waals surface area contributed by atoms with Crippen molar-refractivity contribution in [3.8, 4) is 0 Å². The van der Waals surface area contributed by atoms with Crippen LogP contribution in [-0.4, -0.2) is 32.6 Å². The van der Waals surface area contributed by atoms with E-state index >= 15 is 0 Å². The maximum atomic E-state index is 12.2. The molecule has 2 aliphatic heterocycles. The van der Waals surface area contributed by atoms with E-state index < -0.39 is 22.6 Å². The number of ether oxygens (including phenoxy) is 1. The lowest BCUT2D eigenvalue weighted by Crippen LogP contribution is -2.27. The number of thiocarbonyl (C=S) groups is 1. The van der Waals surface area contributed by atoms with Gasteiger partial charge in [0, 0.05) is 24.4 Å². The molecule has 2 aliphatic rings. The first-order chi connectivity index (χ1) is 12.8. The van der Waals surface area contributed by atoms with Gasteiger partial charge in [-0.05, 0) is 30.8 Å². The van der Waals surface area contributed by atoms with E-state index in [0.717, 1.165) is 17.2 Å². The van der Waals surface area contributed by atoms with Gasteiger partial charge in [0.1, 0.15) is 17.0 Å². The average molecular weight is 385 g/mol. The third kappa shape index (κ3) is 3.65. The highest BCUT2D eigenvalue weighted by molar-refractivity contribution is 7.80. The van der Waals surface area contributed by atoms with Gasteiger partial charge in [0.05, 0.1) is 4.92 Å². The van der Waals surface area contributed by atoms with Gasteiger partial charge in [-0.15, -0.1) is 0 Å². The molecule has 2 heterocycles. The summed E-state index contributed by atoms with van der Waals surface area (Å²) in [5.41, 5.74) is -0.0816. The second-order valence-corrected chi connectivity index (χ2v) is 5.95. The number of carbonyl (C=O) groups is 3. The topological polar surface area (TPSA) is 119 Å². The number of hydrogen-bond donors (Lipinski definition) is 1. The maximum Gasteiger partial charge on any atom is 0.348 e. The molecule has 0 spiro atoms. The Kier molecular flexibility index (Phi) is 4.65. The van der Waals surface area contributed by atoms with Crippen LogP contribution in [0.5, 0.6) is 0 Å². The SMILES string of the molecule is CC1=CC(=O)/C(=C/N2C(=S)NC(=O)/C2=C\c2cccc([N+](=O)[O-])c2)C(=O)O1. The quantitative estimate of drug-likeness (QED) is 0.208. The molecule has 1 amide bonds. The third-order valence-corrected chi connectivity index (χ3v) is 3.95. The molecule has 10 heteroatoms. The van der Waals surface area contributed by atoms with E-state index in [1.54, 1.807) is 6.07 Å². The highest BCUT2D eigenvalue weighted by atomic mass is 32.1. The van der Waals surface area contributed by atoms with E-state index in [1.807, 2.05) is 0 Å². The van der Waals surface area contributed by atoms with Crippen LogP contribution in [0.4, 0.5) is 5.69 Å². The van der Waals surface area contributed by atoms with E-state index in [4.69, 9.17) is 17.0 Å². The molecule has 0 atom stereocenters. The predicted molar refractivity (Wildman–Crippen MR) is 96.6 cm³/mol. The molecular formula is C17H11N3O6S. The lowest BCUT2D eigenvalue weighted by atomic mass is 10.1. The van der Waals surface area contributed by atoms with Gasteiger partial charge in [0.25, 0.3) is 11.6 Å². The zero-order valence-corrected chi connectivity index (χ0v) is 14.6. The van der Waals surface area contributed by atoms with Gasteiger partial charge < -0.3 is 4.74 Å². The number of amides is 1. The molecule has 0 radical (unpaired) electrons. The second kappa shape index (κ2) is 6.92. The first-order valence-corrected chi connectivity index (χ1v) is 7.94. The number of cyclic esters (lactones) is 1. The van der Waals surface area contributed by atoms with Crippen molar-refractivity contribution in [2.45, 2.75) is 6.92 Å². The molecule has 136 valence electrons. The highest BCUT2D eigenvalue weighted by Gasteiger charge is 2.32. The summed E-state index contributed by atoms with van der Waals surface area (Å²) < 4.78 is 4.90. The second-order valence-electron chi connectivity index (χ2n) is 5.56. The number of non-ortho nitro benzene ring substituents is 1. The van der Waals surface area contributed by atoms with Crippen molar-refractivity contribution in [3.63, 3.8) is 0 Å². The van der Waals surface area contributed by atoms with Crippen LogP contribution in [0.1, 0.15) is 12.5 Å². The van der Waals surface area contributed by atoms with Crippen LogP contribution in [0.25, 0.3) is 6.08 Å². The summed E-state index contributed by atoms with van der Waals surface area (Å²) in [4.78, 5) is 47.7. The number of esters is 1. The van der Waals surface area contributed by atoms with Crippen LogP contribution in [-0.2, 0) is 19.1 Å². The van der Waals surface area contributed by atoms with Crippen molar-refractivity contribution in [1.29, 1.82) is 0 Å². The van der Waals surface area contributed by atoms with E-state index in [0.29, 0.717) is 5.56 Å². The van der Waals surface area contributed by atoms with Crippen LogP contribution in [0.3, 0.4) is 0 Å². The smallest absolute Gasteiger partial charge is 0.348 e. The van der Waals surface area contributed by atoms with Crippen LogP contribution in [0.2, 0.25) is 0 Å². The first-order valence-electron chi connectivity index (χ1n) is 7.53. The number of hydrogen-bond acceptors (Lipinski definition) is 7. The molecule has 0 aromatic heterocycles. The summed E-state index contributed by atoms with van der Waals surface area (Å²) in [7, 11) is 0. The predicted octanol–water partition coefficient (Wildman–Crippen LogP) is 1.57. The monoisotopic (exact) mass is 385 g/mol. The molecule has 0 saturated carbocycles. The number of benzene rings is 1. The minimum atomic E-state index is -0.864. The minimum absolute atomic E-state index is 0.000118. The minimum Gasteiger partial charge on any atom is -0.427 e. The van der Waals surface area contributed by atoms with Gasteiger partial charge in [-0.1, -0.05) is 12.1 Å². The summed E-state index contributed by atoms with van der Waals surface area (Å²) in [5.74, 6) is -1.86. The van der Waals surface area contributed by atoms with E-state index in [2.05, 4.69) is 5.32 Å². The Morgan fingerprint density at radius 2 is 2.04 bits per heavy atom. The highest BCUT2D eigenvalue weighted by Crippen LogP contribution is 2.23. The number of nitro groups is 1. The molecule has 3 rings (SSSR count). The molecule has 9 nitrogen and oxygen atoms in total. The van der Waals surface area contributed by atoms with E-state index in [1.165, 1.54) is 31.2 Å². The maximum absolute atomic E-state index is 12.2. The Morgan fingerprint density at radius 3 is 2.70 bits per heavy atom. The van der Waals surface area contributed by atoms with Crippen LogP contribution >= 0.6 is 12.2 Å². The Morgan fingerprint density at radius 1 is 1.30 bits per heavy atom. The summed E-state index contributed by atoms with van der Waals surface area (Å²) in [6.45, 7) is 1.46. The summed E-state index contributed by atoms with van der Waals surface area (Å²) >= 11 is 5.07. The number of carbonyl (C=O) groups excluding carboxylic acids is 3. The number of ketones is 1. The number of rotatable bonds is 3. The van der Waals surface area contributed by atoms with Gasteiger partial charge >= 0.3 is 5.97 Å². The normalized spacial score (nSPS) is 20.0. The first kappa shape index (κ1) is 18.1. The van der Waals surface area contributed by atoms with Gasteiger partial charge in [-0.3, -0.25) is 29.9 Å². The van der Waals surface area contributed by atoms with Gasteiger partial charge in [0.15, 0.2) is 10.9 Å². The van der Waals surface area contributed by atoms with E-state index in [-0.39, 0.29) is 27.8 Å². The van der Waals surface area contributed by atoms with Crippen LogP contribution < -0.4 is 5.32 Å². The van der Waals surface area contributed by atoms with Crippen LogP contribution in [0, 0.1) is 10.1 Å². The van der Waals surface area contributed by atoms with Gasteiger partial charge in [-0.2, -0.15) is 0 Å². The van der Waals surface area contributed by atoms with Gasteiger partial charge in [-0.25, -0.2) is 4.79 Å². The summed E-state index contributed by atoms with van der Waals surface area (Å²) in [5, 5.41) is 13.3. The molecule has 0 aliphatic carbocycles. The van der Waals surface area contributed by atoms with Crippen molar-refractivity contribution >= 4 is 46.8 Å². The van der Waals surface area contributed by atoms with Crippen molar-refractivity contribution in [2.24, 2.45) is 0 Å². The Bertz CT molecular complexity index is 1010. The molecule has 27 heavy (non-hydrogen) atoms.